The SMILES string of the molecule is COc1ccc(CC(=O)Nc2cnc3c(c2)COCC3)cc1OC(F)F. The number of hydrogen-bond donors (Lipinski definition) is 1. The molecule has 0 aliphatic carbocycles. The van der Waals surface area contributed by atoms with Crippen LogP contribution >= 0.6 is 0 Å². The van der Waals surface area contributed by atoms with Crippen molar-refractivity contribution in [1.82, 2.24) is 4.98 Å². The van der Waals surface area contributed by atoms with E-state index < -0.39 is 6.61 Å². The van der Waals surface area contributed by atoms with Crippen LogP contribution in [0.25, 0.3) is 0 Å². The van der Waals surface area contributed by atoms with E-state index in [1.54, 1.807) is 12.3 Å². The van der Waals surface area contributed by atoms with Gasteiger partial charge in [-0.25, -0.2) is 0 Å². The molecule has 1 aromatic heterocycles. The number of ether oxygens (including phenoxy) is 3. The van der Waals surface area contributed by atoms with Gasteiger partial charge in [-0.2, -0.15) is 8.78 Å². The minimum Gasteiger partial charge on any atom is -0.493 e. The number of alkyl halides is 2. The van der Waals surface area contributed by atoms with Crippen molar-refractivity contribution in [3.63, 3.8) is 0 Å². The highest BCUT2D eigenvalue weighted by Gasteiger charge is 2.15. The molecule has 26 heavy (non-hydrogen) atoms. The van der Waals surface area contributed by atoms with Crippen molar-refractivity contribution in [2.75, 3.05) is 19.0 Å². The minimum atomic E-state index is -2.98. The van der Waals surface area contributed by atoms with Gasteiger partial charge >= 0.3 is 6.61 Å². The molecular formula is C18H18F2N2O4. The van der Waals surface area contributed by atoms with Crippen LogP contribution in [0, 0.1) is 0 Å². The van der Waals surface area contributed by atoms with E-state index in [1.165, 1.54) is 19.2 Å². The van der Waals surface area contributed by atoms with Crippen molar-refractivity contribution in [2.24, 2.45) is 0 Å². The number of aromatic nitrogens is 1. The van der Waals surface area contributed by atoms with Gasteiger partial charge in [0.1, 0.15) is 0 Å². The summed E-state index contributed by atoms with van der Waals surface area (Å²) in [5, 5.41) is 2.75. The monoisotopic (exact) mass is 364 g/mol. The number of hydrogen-bond acceptors (Lipinski definition) is 5. The molecule has 1 amide bonds. The Morgan fingerprint density at radius 2 is 2.19 bits per heavy atom. The summed E-state index contributed by atoms with van der Waals surface area (Å²) in [6, 6.07) is 6.30. The van der Waals surface area contributed by atoms with Gasteiger partial charge in [-0.15, -0.1) is 0 Å². The second-order valence-electron chi connectivity index (χ2n) is 5.72. The quantitative estimate of drug-likeness (QED) is 0.853. The van der Waals surface area contributed by atoms with E-state index in [4.69, 9.17) is 9.47 Å². The number of carbonyl (C=O) groups excluding carboxylic acids is 1. The molecule has 6 nitrogen and oxygen atoms in total. The molecule has 2 heterocycles. The Balaban J connectivity index is 1.68. The lowest BCUT2D eigenvalue weighted by molar-refractivity contribution is -0.115. The maximum atomic E-state index is 12.5. The Morgan fingerprint density at radius 1 is 1.35 bits per heavy atom. The number of pyridine rings is 1. The largest absolute Gasteiger partial charge is 0.493 e. The molecule has 1 aromatic carbocycles. The lowest BCUT2D eigenvalue weighted by Crippen LogP contribution is -2.17. The first-order valence-electron chi connectivity index (χ1n) is 8.02. The van der Waals surface area contributed by atoms with Crippen LogP contribution < -0.4 is 14.8 Å². The minimum absolute atomic E-state index is 0.00280. The summed E-state index contributed by atoms with van der Waals surface area (Å²) in [7, 11) is 1.35. The van der Waals surface area contributed by atoms with Gasteiger partial charge in [-0.05, 0) is 23.8 Å². The number of halogens is 2. The van der Waals surface area contributed by atoms with Crippen LogP contribution in [0.1, 0.15) is 16.8 Å². The summed E-state index contributed by atoms with van der Waals surface area (Å²) < 4.78 is 39.7. The summed E-state index contributed by atoms with van der Waals surface area (Å²) in [6.45, 7) is -1.86. The van der Waals surface area contributed by atoms with Crippen LogP contribution in [-0.4, -0.2) is 31.2 Å². The third kappa shape index (κ3) is 4.45. The van der Waals surface area contributed by atoms with Gasteiger partial charge in [0, 0.05) is 17.7 Å². The van der Waals surface area contributed by atoms with E-state index in [1.807, 2.05) is 6.07 Å². The van der Waals surface area contributed by atoms with Crippen LogP contribution in [0.15, 0.2) is 30.5 Å². The fourth-order valence-corrected chi connectivity index (χ4v) is 2.72. The van der Waals surface area contributed by atoms with Gasteiger partial charge in [0.15, 0.2) is 11.5 Å². The highest BCUT2D eigenvalue weighted by atomic mass is 19.3. The van der Waals surface area contributed by atoms with Crippen LogP contribution in [0.5, 0.6) is 11.5 Å². The predicted molar refractivity (Wildman–Crippen MR) is 89.6 cm³/mol. The average molecular weight is 364 g/mol. The zero-order chi connectivity index (χ0) is 18.5. The first kappa shape index (κ1) is 18.1. The molecule has 0 saturated heterocycles. The van der Waals surface area contributed by atoms with Gasteiger partial charge in [-0.1, -0.05) is 6.07 Å². The molecule has 1 aliphatic rings. The zero-order valence-corrected chi connectivity index (χ0v) is 14.1. The van der Waals surface area contributed by atoms with E-state index in [9.17, 15) is 13.6 Å². The van der Waals surface area contributed by atoms with Gasteiger partial charge in [-0.3, -0.25) is 9.78 Å². The predicted octanol–water partition coefficient (Wildman–Crippen LogP) is 2.95. The van der Waals surface area contributed by atoms with Crippen molar-refractivity contribution >= 4 is 11.6 Å². The van der Waals surface area contributed by atoms with E-state index in [0.717, 1.165) is 17.7 Å². The highest BCUT2D eigenvalue weighted by Crippen LogP contribution is 2.29. The van der Waals surface area contributed by atoms with Crippen molar-refractivity contribution in [2.45, 2.75) is 26.1 Å². The number of rotatable bonds is 6. The van der Waals surface area contributed by atoms with Gasteiger partial charge in [0.2, 0.25) is 5.91 Å². The third-order valence-corrected chi connectivity index (χ3v) is 3.89. The Morgan fingerprint density at radius 3 is 2.96 bits per heavy atom. The first-order chi connectivity index (χ1) is 12.5. The number of benzene rings is 1. The van der Waals surface area contributed by atoms with Crippen LogP contribution in [0.3, 0.4) is 0 Å². The topological polar surface area (TPSA) is 69.7 Å². The molecule has 0 radical (unpaired) electrons. The Kier molecular flexibility index (Phi) is 5.62. The molecule has 0 bridgehead atoms. The van der Waals surface area contributed by atoms with Crippen molar-refractivity contribution in [3.8, 4) is 11.5 Å². The lowest BCUT2D eigenvalue weighted by atomic mass is 10.1. The maximum absolute atomic E-state index is 12.5. The molecule has 0 spiro atoms. The normalized spacial score (nSPS) is 13.2. The average Bonchev–Trinajstić information content (AvgIpc) is 2.61. The number of nitrogens with zero attached hydrogens (tertiary/aromatic N) is 1. The molecule has 8 heteroatoms. The third-order valence-electron chi connectivity index (χ3n) is 3.89. The van der Waals surface area contributed by atoms with Gasteiger partial charge in [0.05, 0.1) is 38.6 Å². The van der Waals surface area contributed by atoms with E-state index in [2.05, 4.69) is 15.0 Å². The molecule has 1 aliphatic heterocycles. The fourth-order valence-electron chi connectivity index (χ4n) is 2.72. The molecule has 0 fully saturated rings. The highest BCUT2D eigenvalue weighted by molar-refractivity contribution is 5.92. The van der Waals surface area contributed by atoms with E-state index >= 15 is 0 Å². The molecule has 0 unspecified atom stereocenters. The van der Waals surface area contributed by atoms with Crippen LogP contribution in [0.2, 0.25) is 0 Å². The number of nitrogens with one attached hydrogen (secondary N) is 1. The molecule has 1 N–H and O–H groups in total. The molecule has 0 atom stereocenters. The van der Waals surface area contributed by atoms with Gasteiger partial charge < -0.3 is 19.5 Å². The number of methoxy groups -OCH3 is 1. The maximum Gasteiger partial charge on any atom is 0.387 e. The summed E-state index contributed by atoms with van der Waals surface area (Å²) in [4.78, 5) is 16.6. The Hall–Kier alpha value is -2.74. The van der Waals surface area contributed by atoms with Crippen molar-refractivity contribution < 1.29 is 27.8 Å². The number of fused-ring (bicyclic) bond motifs is 1. The lowest BCUT2D eigenvalue weighted by Gasteiger charge is -2.16. The smallest absolute Gasteiger partial charge is 0.387 e. The number of carbonyl (C=O) groups is 1. The molecule has 138 valence electrons. The van der Waals surface area contributed by atoms with E-state index in [-0.39, 0.29) is 23.8 Å². The second kappa shape index (κ2) is 8.09. The van der Waals surface area contributed by atoms with Crippen LogP contribution in [0.4, 0.5) is 14.5 Å². The summed E-state index contributed by atoms with van der Waals surface area (Å²) >= 11 is 0. The number of anilines is 1. The Bertz CT molecular complexity index is 799. The first-order valence-corrected chi connectivity index (χ1v) is 8.02. The fraction of sp³-hybridized carbons (Fsp3) is 0.333. The summed E-state index contributed by atoms with van der Waals surface area (Å²) in [5.41, 5.74) is 3.01. The molecule has 0 saturated carbocycles. The summed E-state index contributed by atoms with van der Waals surface area (Å²) in [5.74, 6) is -0.231. The number of amides is 1. The molecule has 3 rings (SSSR count). The summed E-state index contributed by atoms with van der Waals surface area (Å²) in [6.07, 6.45) is 2.35. The van der Waals surface area contributed by atoms with E-state index in [0.29, 0.717) is 24.5 Å². The second-order valence-corrected chi connectivity index (χ2v) is 5.72. The van der Waals surface area contributed by atoms with Gasteiger partial charge in [0.25, 0.3) is 0 Å². The Labute approximate surface area is 149 Å². The van der Waals surface area contributed by atoms with Crippen molar-refractivity contribution in [3.05, 3.63) is 47.3 Å². The molecular weight excluding hydrogens is 346 g/mol. The van der Waals surface area contributed by atoms with Crippen LogP contribution in [-0.2, 0) is 29.0 Å². The van der Waals surface area contributed by atoms with Crippen molar-refractivity contribution in [1.29, 1.82) is 0 Å². The zero-order valence-electron chi connectivity index (χ0n) is 14.1. The molecule has 2 aromatic rings. The standard InChI is InChI=1S/C18H18F2N2O4/c1-24-15-3-2-11(6-16(15)26-18(19)20)7-17(23)22-13-8-12-10-25-5-4-14(12)21-9-13/h2-3,6,8-9,18H,4-5,7,10H2,1H3,(H,22,23).